The number of halogens is 1. The molecule has 2 heterocycles. The Labute approximate surface area is 155 Å². The van der Waals surface area contributed by atoms with E-state index < -0.39 is 6.04 Å². The molecule has 1 fully saturated rings. The number of aromatic nitrogens is 5. The number of hydrogen-bond donors (Lipinski definition) is 4. The van der Waals surface area contributed by atoms with Crippen LogP contribution in [0.4, 0.5) is 22.1 Å². The number of hydrogen-bond acceptors (Lipinski definition) is 7. The number of aryl methyl sites for hydroxylation is 1. The zero-order valence-corrected chi connectivity index (χ0v) is 14.8. The summed E-state index contributed by atoms with van der Waals surface area (Å²) in [7, 11) is 0. The van der Waals surface area contributed by atoms with Crippen LogP contribution in [-0.2, 0) is 0 Å². The van der Waals surface area contributed by atoms with E-state index in [9.17, 15) is 9.50 Å². The highest BCUT2D eigenvalue weighted by Gasteiger charge is 2.25. The molecule has 0 radical (unpaired) electrons. The van der Waals surface area contributed by atoms with Crippen molar-refractivity contribution in [2.75, 3.05) is 17.2 Å². The normalized spacial score (nSPS) is 14.8. The monoisotopic (exact) mass is 369 g/mol. The molecule has 3 aromatic rings. The zero-order valence-electron chi connectivity index (χ0n) is 14.8. The largest absolute Gasteiger partial charge is 0.394 e. The molecule has 0 aliphatic heterocycles. The van der Waals surface area contributed by atoms with E-state index in [4.69, 9.17) is 0 Å². The molecule has 0 spiro atoms. The SMILES string of the molecule is Cc1nc(Nc2cc(C3CC3)[nH]n2)nc(NC(CO)c2ccc(F)cc2)n1. The van der Waals surface area contributed by atoms with E-state index in [0.29, 0.717) is 29.5 Å². The fraction of sp³-hybridized carbons (Fsp3) is 0.333. The van der Waals surface area contributed by atoms with Crippen molar-refractivity contribution in [3.05, 3.63) is 53.2 Å². The molecule has 27 heavy (non-hydrogen) atoms. The maximum atomic E-state index is 13.1. The molecule has 1 aromatic carbocycles. The minimum absolute atomic E-state index is 0.191. The second-order valence-electron chi connectivity index (χ2n) is 6.57. The van der Waals surface area contributed by atoms with Gasteiger partial charge in [-0.1, -0.05) is 12.1 Å². The first-order valence-electron chi connectivity index (χ1n) is 8.78. The van der Waals surface area contributed by atoms with E-state index in [1.807, 2.05) is 6.07 Å². The number of rotatable bonds is 7. The maximum absolute atomic E-state index is 13.1. The number of H-pyrrole nitrogens is 1. The number of nitrogens with zero attached hydrogens (tertiary/aromatic N) is 4. The standard InChI is InChI=1S/C18H20FN7O/c1-10-20-17(22-15(9-27)12-4-6-13(19)7-5-12)24-18(21-10)23-16-8-14(25-26-16)11-2-3-11/h4-8,11,15,27H,2-3,9H2,1H3,(H3,20,21,22,23,24,25,26). The molecule has 1 aliphatic rings. The van der Waals surface area contributed by atoms with Crippen molar-refractivity contribution in [1.82, 2.24) is 25.1 Å². The van der Waals surface area contributed by atoms with E-state index >= 15 is 0 Å². The third-order valence-corrected chi connectivity index (χ3v) is 4.36. The van der Waals surface area contributed by atoms with Crippen LogP contribution in [0.25, 0.3) is 0 Å². The summed E-state index contributed by atoms with van der Waals surface area (Å²) in [4.78, 5) is 12.9. The summed E-state index contributed by atoms with van der Waals surface area (Å²) in [6, 6.07) is 7.41. The van der Waals surface area contributed by atoms with Gasteiger partial charge in [-0.25, -0.2) is 4.39 Å². The van der Waals surface area contributed by atoms with E-state index in [-0.39, 0.29) is 12.4 Å². The van der Waals surface area contributed by atoms with E-state index in [2.05, 4.69) is 35.8 Å². The summed E-state index contributed by atoms with van der Waals surface area (Å²) >= 11 is 0. The Morgan fingerprint density at radius 2 is 1.93 bits per heavy atom. The molecule has 4 rings (SSSR count). The fourth-order valence-corrected chi connectivity index (χ4v) is 2.81. The van der Waals surface area contributed by atoms with Crippen molar-refractivity contribution in [3.63, 3.8) is 0 Å². The Morgan fingerprint density at radius 1 is 1.19 bits per heavy atom. The van der Waals surface area contributed by atoms with Crippen LogP contribution in [-0.4, -0.2) is 36.9 Å². The van der Waals surface area contributed by atoms with Crippen molar-refractivity contribution in [3.8, 4) is 0 Å². The molecule has 0 bridgehead atoms. The van der Waals surface area contributed by atoms with E-state index in [1.165, 1.54) is 25.0 Å². The lowest BCUT2D eigenvalue weighted by atomic mass is 10.1. The van der Waals surface area contributed by atoms with Gasteiger partial charge in [0.15, 0.2) is 5.82 Å². The van der Waals surface area contributed by atoms with Gasteiger partial charge in [-0.05, 0) is 37.5 Å². The number of aliphatic hydroxyl groups is 1. The summed E-state index contributed by atoms with van der Waals surface area (Å²) in [5.41, 5.74) is 1.84. The Balaban J connectivity index is 1.51. The van der Waals surface area contributed by atoms with Gasteiger partial charge in [-0.3, -0.25) is 5.10 Å². The van der Waals surface area contributed by atoms with Crippen LogP contribution in [0.15, 0.2) is 30.3 Å². The first-order chi connectivity index (χ1) is 13.1. The minimum Gasteiger partial charge on any atom is -0.394 e. The van der Waals surface area contributed by atoms with Crippen molar-refractivity contribution in [2.24, 2.45) is 0 Å². The molecule has 0 amide bonds. The van der Waals surface area contributed by atoms with E-state index in [1.54, 1.807) is 19.1 Å². The minimum atomic E-state index is -0.466. The Bertz CT molecular complexity index is 924. The molecule has 1 unspecified atom stereocenters. The van der Waals surface area contributed by atoms with Gasteiger partial charge in [0.05, 0.1) is 12.6 Å². The first-order valence-corrected chi connectivity index (χ1v) is 8.78. The fourth-order valence-electron chi connectivity index (χ4n) is 2.81. The van der Waals surface area contributed by atoms with Gasteiger partial charge in [0.25, 0.3) is 0 Å². The quantitative estimate of drug-likeness (QED) is 0.507. The van der Waals surface area contributed by atoms with Crippen LogP contribution >= 0.6 is 0 Å². The highest BCUT2D eigenvalue weighted by atomic mass is 19.1. The molecular weight excluding hydrogens is 349 g/mol. The molecule has 0 saturated heterocycles. The van der Waals surface area contributed by atoms with Crippen LogP contribution in [0.1, 0.15) is 41.9 Å². The predicted molar refractivity (Wildman–Crippen MR) is 98.3 cm³/mol. The molecule has 8 nitrogen and oxygen atoms in total. The number of anilines is 3. The van der Waals surface area contributed by atoms with E-state index in [0.717, 1.165) is 11.3 Å². The molecule has 1 saturated carbocycles. The molecule has 140 valence electrons. The lowest BCUT2D eigenvalue weighted by molar-refractivity contribution is 0.275. The van der Waals surface area contributed by atoms with Gasteiger partial charge in [0, 0.05) is 17.7 Å². The second-order valence-corrected chi connectivity index (χ2v) is 6.57. The molecule has 9 heteroatoms. The second kappa shape index (κ2) is 7.28. The van der Waals surface area contributed by atoms with Crippen molar-refractivity contribution in [1.29, 1.82) is 0 Å². The Morgan fingerprint density at radius 3 is 2.63 bits per heavy atom. The Hall–Kier alpha value is -3.07. The number of benzene rings is 1. The summed E-state index contributed by atoms with van der Waals surface area (Å²) < 4.78 is 13.1. The van der Waals surface area contributed by atoms with Crippen LogP contribution in [0.3, 0.4) is 0 Å². The van der Waals surface area contributed by atoms with Crippen LogP contribution in [0.2, 0.25) is 0 Å². The van der Waals surface area contributed by atoms with Crippen molar-refractivity contribution in [2.45, 2.75) is 31.7 Å². The highest BCUT2D eigenvalue weighted by Crippen LogP contribution is 2.39. The maximum Gasteiger partial charge on any atom is 0.233 e. The summed E-state index contributed by atoms with van der Waals surface area (Å²) in [6.07, 6.45) is 2.37. The lowest BCUT2D eigenvalue weighted by Crippen LogP contribution is -2.17. The average Bonchev–Trinajstić information content (AvgIpc) is 3.40. The molecule has 1 atom stereocenters. The number of aromatic amines is 1. The summed E-state index contributed by atoms with van der Waals surface area (Å²) in [6.45, 7) is 1.56. The van der Waals surface area contributed by atoms with Crippen molar-refractivity contribution >= 4 is 17.7 Å². The third kappa shape index (κ3) is 4.20. The smallest absolute Gasteiger partial charge is 0.233 e. The van der Waals surface area contributed by atoms with Gasteiger partial charge < -0.3 is 15.7 Å². The third-order valence-electron chi connectivity index (χ3n) is 4.36. The van der Waals surface area contributed by atoms with Crippen LogP contribution < -0.4 is 10.6 Å². The zero-order chi connectivity index (χ0) is 18.8. The molecule has 1 aliphatic carbocycles. The van der Waals surface area contributed by atoms with Crippen LogP contribution in [0, 0.1) is 12.7 Å². The van der Waals surface area contributed by atoms with Gasteiger partial charge in [0.2, 0.25) is 11.9 Å². The lowest BCUT2D eigenvalue weighted by Gasteiger charge is -2.17. The van der Waals surface area contributed by atoms with Gasteiger partial charge in [-0.15, -0.1) is 0 Å². The first kappa shape index (κ1) is 17.3. The number of nitrogens with one attached hydrogen (secondary N) is 3. The van der Waals surface area contributed by atoms with Gasteiger partial charge in [-0.2, -0.15) is 20.1 Å². The molecular formula is C18H20FN7O. The number of aliphatic hydroxyl groups excluding tert-OH is 1. The van der Waals surface area contributed by atoms with Crippen molar-refractivity contribution < 1.29 is 9.50 Å². The predicted octanol–water partition coefficient (Wildman–Crippen LogP) is 2.81. The Kier molecular flexibility index (Phi) is 4.68. The topological polar surface area (TPSA) is 112 Å². The average molecular weight is 369 g/mol. The van der Waals surface area contributed by atoms with Gasteiger partial charge in [0.1, 0.15) is 11.6 Å². The molecule has 2 aromatic heterocycles. The highest BCUT2D eigenvalue weighted by molar-refractivity contribution is 5.50. The van der Waals surface area contributed by atoms with Gasteiger partial charge >= 0.3 is 0 Å². The summed E-state index contributed by atoms with van der Waals surface area (Å²) in [5.74, 6) is 2.07. The van der Waals surface area contributed by atoms with Crippen LogP contribution in [0.5, 0.6) is 0 Å². The molecule has 4 N–H and O–H groups in total. The summed E-state index contributed by atoms with van der Waals surface area (Å²) in [5, 5.41) is 23.1.